The van der Waals surface area contributed by atoms with E-state index in [4.69, 9.17) is 10.1 Å². The lowest BCUT2D eigenvalue weighted by Gasteiger charge is -2.27. The quantitative estimate of drug-likeness (QED) is 0.577. The molecular weight excluding hydrogens is 393 g/mol. The van der Waals surface area contributed by atoms with E-state index in [1.807, 2.05) is 60.8 Å². The van der Waals surface area contributed by atoms with E-state index < -0.39 is 12.1 Å². The van der Waals surface area contributed by atoms with Crippen LogP contribution in [0, 0.1) is 0 Å². The number of nitrogens with zero attached hydrogens (tertiary/aromatic N) is 3. The zero-order valence-electron chi connectivity index (χ0n) is 17.4. The molecule has 0 bridgehead atoms. The Balaban J connectivity index is 1.40. The van der Waals surface area contributed by atoms with Gasteiger partial charge in [0.25, 0.3) is 0 Å². The summed E-state index contributed by atoms with van der Waals surface area (Å²) in [6, 6.07) is 17.1. The highest BCUT2D eigenvalue weighted by atomic mass is 19.1. The predicted molar refractivity (Wildman–Crippen MR) is 117 cm³/mol. The molecule has 6 heteroatoms. The summed E-state index contributed by atoms with van der Waals surface area (Å²) in [5.74, 6) is -0.0985. The maximum Gasteiger partial charge on any atom is 0.303 e. The van der Waals surface area contributed by atoms with Crippen molar-refractivity contribution in [3.05, 3.63) is 83.2 Å². The molecule has 3 aromatic rings. The average molecular weight is 420 g/mol. The van der Waals surface area contributed by atoms with E-state index in [1.54, 1.807) is 0 Å². The second-order valence-corrected chi connectivity index (χ2v) is 7.97. The van der Waals surface area contributed by atoms with Gasteiger partial charge < -0.3 is 5.11 Å². The third-order valence-corrected chi connectivity index (χ3v) is 5.67. The molecule has 1 atom stereocenters. The first-order valence-corrected chi connectivity index (χ1v) is 10.7. The van der Waals surface area contributed by atoms with Crippen LogP contribution in [0.3, 0.4) is 0 Å². The molecule has 1 aliphatic heterocycles. The van der Waals surface area contributed by atoms with Crippen LogP contribution in [0.2, 0.25) is 0 Å². The SMILES string of the molecule is O=C(O)CCCN1CCc2nc(-c3ccc(C(F)Cc4ccccc4)cc3)ncc2C1. The minimum Gasteiger partial charge on any atom is -0.481 e. The molecule has 2 aromatic carbocycles. The van der Waals surface area contributed by atoms with Gasteiger partial charge in [-0.3, -0.25) is 9.69 Å². The Hall–Kier alpha value is -3.12. The highest BCUT2D eigenvalue weighted by Crippen LogP contribution is 2.26. The zero-order valence-corrected chi connectivity index (χ0v) is 17.4. The molecule has 160 valence electrons. The Labute approximate surface area is 181 Å². The molecule has 0 radical (unpaired) electrons. The lowest BCUT2D eigenvalue weighted by Crippen LogP contribution is -2.32. The normalized spacial score (nSPS) is 14.7. The maximum atomic E-state index is 14.7. The molecule has 1 aromatic heterocycles. The van der Waals surface area contributed by atoms with Crippen LogP contribution in [0.5, 0.6) is 0 Å². The van der Waals surface area contributed by atoms with Gasteiger partial charge in [0.1, 0.15) is 6.17 Å². The Morgan fingerprint density at radius 3 is 2.65 bits per heavy atom. The van der Waals surface area contributed by atoms with Gasteiger partial charge in [-0.1, -0.05) is 54.6 Å². The van der Waals surface area contributed by atoms with E-state index in [1.165, 1.54) is 0 Å². The monoisotopic (exact) mass is 419 g/mol. The van der Waals surface area contributed by atoms with Crippen molar-refractivity contribution < 1.29 is 14.3 Å². The van der Waals surface area contributed by atoms with Gasteiger partial charge in [-0.05, 0) is 24.1 Å². The second-order valence-electron chi connectivity index (χ2n) is 7.97. The summed E-state index contributed by atoms with van der Waals surface area (Å²) >= 11 is 0. The Kier molecular flexibility index (Phi) is 6.67. The molecule has 0 saturated heterocycles. The number of rotatable bonds is 8. The number of halogens is 1. The van der Waals surface area contributed by atoms with Gasteiger partial charge in [-0.2, -0.15) is 0 Å². The third-order valence-electron chi connectivity index (χ3n) is 5.67. The fraction of sp³-hybridized carbons (Fsp3) is 0.320. The lowest BCUT2D eigenvalue weighted by molar-refractivity contribution is -0.137. The topological polar surface area (TPSA) is 66.3 Å². The fourth-order valence-electron chi connectivity index (χ4n) is 3.94. The molecule has 31 heavy (non-hydrogen) atoms. The van der Waals surface area contributed by atoms with Crippen LogP contribution in [0.25, 0.3) is 11.4 Å². The Morgan fingerprint density at radius 2 is 1.90 bits per heavy atom. The smallest absolute Gasteiger partial charge is 0.303 e. The number of hydrogen-bond donors (Lipinski definition) is 1. The van der Waals surface area contributed by atoms with Crippen LogP contribution in [-0.4, -0.2) is 39.0 Å². The van der Waals surface area contributed by atoms with Gasteiger partial charge in [-0.15, -0.1) is 0 Å². The molecule has 1 N–H and O–H groups in total. The summed E-state index contributed by atoms with van der Waals surface area (Å²) in [7, 11) is 0. The minimum atomic E-state index is -1.05. The summed E-state index contributed by atoms with van der Waals surface area (Å²) in [6.07, 6.45) is 2.84. The van der Waals surface area contributed by atoms with E-state index in [2.05, 4.69) is 9.88 Å². The van der Waals surface area contributed by atoms with Gasteiger partial charge in [0.15, 0.2) is 5.82 Å². The Bertz CT molecular complexity index is 1020. The van der Waals surface area contributed by atoms with Crippen molar-refractivity contribution in [1.29, 1.82) is 0 Å². The second kappa shape index (κ2) is 9.79. The van der Waals surface area contributed by atoms with Crippen molar-refractivity contribution in [3.8, 4) is 11.4 Å². The predicted octanol–water partition coefficient (Wildman–Crippen LogP) is 4.62. The molecule has 2 heterocycles. The van der Waals surface area contributed by atoms with Crippen molar-refractivity contribution in [2.45, 2.75) is 38.4 Å². The molecule has 0 saturated carbocycles. The number of hydrogen-bond acceptors (Lipinski definition) is 4. The Morgan fingerprint density at radius 1 is 1.13 bits per heavy atom. The lowest BCUT2D eigenvalue weighted by atomic mass is 10.0. The number of carboxylic acid groups (broad SMARTS) is 1. The van der Waals surface area contributed by atoms with Crippen LogP contribution < -0.4 is 0 Å². The van der Waals surface area contributed by atoms with Gasteiger partial charge >= 0.3 is 5.97 Å². The summed E-state index contributed by atoms with van der Waals surface area (Å²) in [5, 5.41) is 8.79. The average Bonchev–Trinajstić information content (AvgIpc) is 2.79. The van der Waals surface area contributed by atoms with E-state index in [-0.39, 0.29) is 6.42 Å². The summed E-state index contributed by atoms with van der Waals surface area (Å²) in [6.45, 7) is 2.38. The van der Waals surface area contributed by atoms with Crippen molar-refractivity contribution in [1.82, 2.24) is 14.9 Å². The van der Waals surface area contributed by atoms with Crippen LogP contribution in [-0.2, 0) is 24.2 Å². The van der Waals surface area contributed by atoms with Crippen LogP contribution in [0.1, 0.15) is 41.4 Å². The molecule has 1 aliphatic rings. The van der Waals surface area contributed by atoms with Crippen molar-refractivity contribution in [3.63, 3.8) is 0 Å². The van der Waals surface area contributed by atoms with Gasteiger partial charge in [0.2, 0.25) is 0 Å². The van der Waals surface area contributed by atoms with Crippen molar-refractivity contribution in [2.75, 3.05) is 13.1 Å². The third kappa shape index (κ3) is 5.52. The molecule has 5 nitrogen and oxygen atoms in total. The number of aliphatic carboxylic acids is 1. The number of fused-ring (bicyclic) bond motifs is 1. The maximum absolute atomic E-state index is 14.7. The molecule has 4 rings (SSSR count). The molecule has 0 amide bonds. The molecule has 1 unspecified atom stereocenters. The van der Waals surface area contributed by atoms with Crippen LogP contribution >= 0.6 is 0 Å². The highest BCUT2D eigenvalue weighted by Gasteiger charge is 2.19. The van der Waals surface area contributed by atoms with E-state index in [0.29, 0.717) is 24.2 Å². The van der Waals surface area contributed by atoms with Gasteiger partial charge in [-0.25, -0.2) is 14.4 Å². The van der Waals surface area contributed by atoms with E-state index >= 15 is 0 Å². The van der Waals surface area contributed by atoms with Crippen LogP contribution in [0.4, 0.5) is 4.39 Å². The number of carbonyl (C=O) groups is 1. The minimum absolute atomic E-state index is 0.194. The summed E-state index contributed by atoms with van der Waals surface area (Å²) in [4.78, 5) is 22.2. The first-order chi connectivity index (χ1) is 15.1. The van der Waals surface area contributed by atoms with Crippen LogP contribution in [0.15, 0.2) is 60.8 Å². The fourth-order valence-corrected chi connectivity index (χ4v) is 3.94. The summed E-state index contributed by atoms with van der Waals surface area (Å²) in [5.41, 5.74) is 4.64. The van der Waals surface area contributed by atoms with E-state index in [0.717, 1.165) is 48.4 Å². The first-order valence-electron chi connectivity index (χ1n) is 10.7. The number of alkyl halides is 1. The molecule has 0 aliphatic carbocycles. The standard InChI is InChI=1S/C25H26FN3O2/c26-22(15-18-5-2-1-3-6-18)19-8-10-20(11-9-19)25-27-16-21-17-29(13-4-7-24(30)31)14-12-23(21)28-25/h1-3,5-6,8-11,16,22H,4,7,12-15,17H2,(H,30,31). The van der Waals surface area contributed by atoms with Gasteiger partial charge in [0.05, 0.1) is 5.69 Å². The van der Waals surface area contributed by atoms with E-state index in [9.17, 15) is 9.18 Å². The number of aromatic nitrogens is 2. The largest absolute Gasteiger partial charge is 0.481 e. The van der Waals surface area contributed by atoms with Gasteiger partial charge in [0, 0.05) is 49.7 Å². The molecule has 0 fully saturated rings. The number of carboxylic acids is 1. The highest BCUT2D eigenvalue weighted by molar-refractivity contribution is 5.66. The zero-order chi connectivity index (χ0) is 21.6. The molecular formula is C25H26FN3O2. The summed E-state index contributed by atoms with van der Waals surface area (Å²) < 4.78 is 14.7. The first kappa shape index (κ1) is 21.1. The van der Waals surface area contributed by atoms with Crippen molar-refractivity contribution in [2.24, 2.45) is 0 Å². The molecule has 0 spiro atoms. The van der Waals surface area contributed by atoms with Crippen molar-refractivity contribution >= 4 is 5.97 Å². The number of benzene rings is 2.